The quantitative estimate of drug-likeness (QED) is 0.710. The Kier molecular flexibility index (Phi) is 8.45. The number of rotatable bonds is 6. The van der Waals surface area contributed by atoms with E-state index < -0.39 is 0 Å². The van der Waals surface area contributed by atoms with Crippen molar-refractivity contribution in [3.8, 4) is 0 Å². The lowest BCUT2D eigenvalue weighted by Crippen LogP contribution is -2.46. The second kappa shape index (κ2) is 10.6. The van der Waals surface area contributed by atoms with Crippen molar-refractivity contribution >= 4 is 30.0 Å². The lowest BCUT2D eigenvalue weighted by atomic mass is 9.97. The molecule has 2 fully saturated rings. The molecule has 1 aromatic carbocycles. The van der Waals surface area contributed by atoms with Gasteiger partial charge in [-0.25, -0.2) is 0 Å². The predicted octanol–water partition coefficient (Wildman–Crippen LogP) is 2.42. The molecule has 2 aliphatic rings. The molecule has 0 aromatic heterocycles. The van der Waals surface area contributed by atoms with Crippen LogP contribution < -0.4 is 10.6 Å². The van der Waals surface area contributed by atoms with Gasteiger partial charge in [0.1, 0.15) is 0 Å². The van der Waals surface area contributed by atoms with Gasteiger partial charge in [0.25, 0.3) is 5.91 Å². The van der Waals surface area contributed by atoms with Crippen LogP contribution >= 0.6 is 12.4 Å². The van der Waals surface area contributed by atoms with E-state index in [1.807, 2.05) is 11.8 Å². The van der Waals surface area contributed by atoms with Gasteiger partial charge in [-0.15, -0.1) is 12.4 Å². The zero-order valence-electron chi connectivity index (χ0n) is 16.4. The number of hydrogen-bond acceptors (Lipinski definition) is 4. The number of piperidine rings is 1. The normalized spacial score (nSPS) is 21.7. The van der Waals surface area contributed by atoms with Crippen molar-refractivity contribution in [2.75, 3.05) is 26.2 Å². The van der Waals surface area contributed by atoms with E-state index in [0.29, 0.717) is 30.6 Å². The molecule has 0 saturated carbocycles. The number of nitrogens with zero attached hydrogens (tertiary/aromatic N) is 1. The Labute approximate surface area is 172 Å². The van der Waals surface area contributed by atoms with Gasteiger partial charge in [0, 0.05) is 37.2 Å². The van der Waals surface area contributed by atoms with E-state index in [1.54, 1.807) is 24.3 Å². The van der Waals surface area contributed by atoms with Crippen molar-refractivity contribution in [1.82, 2.24) is 15.5 Å². The maximum Gasteiger partial charge on any atom is 0.253 e. The van der Waals surface area contributed by atoms with Gasteiger partial charge >= 0.3 is 0 Å². The van der Waals surface area contributed by atoms with E-state index in [4.69, 9.17) is 0 Å². The molecule has 0 bridgehead atoms. The number of hydrogen-bond donors (Lipinski definition) is 2. The number of nitrogens with one attached hydrogen (secondary N) is 2. The lowest BCUT2D eigenvalue weighted by Gasteiger charge is -2.33. The molecule has 7 heteroatoms. The third-order valence-corrected chi connectivity index (χ3v) is 5.52. The number of likely N-dealkylation sites (tertiary alicyclic amines) is 1. The van der Waals surface area contributed by atoms with Gasteiger partial charge in [0.05, 0.1) is 6.04 Å². The Morgan fingerprint density at radius 3 is 2.46 bits per heavy atom. The summed E-state index contributed by atoms with van der Waals surface area (Å²) in [7, 11) is 0. The fourth-order valence-electron chi connectivity index (χ4n) is 3.88. The van der Waals surface area contributed by atoms with Crippen LogP contribution in [0.5, 0.6) is 0 Å². The number of Topliss-reactive ketones (excluding diaryl/α,β-unsaturated/α-hetero) is 1. The largest absolute Gasteiger partial charge is 0.354 e. The van der Waals surface area contributed by atoms with Crippen molar-refractivity contribution in [3.63, 3.8) is 0 Å². The van der Waals surface area contributed by atoms with Crippen molar-refractivity contribution in [2.24, 2.45) is 5.92 Å². The number of benzene rings is 1. The van der Waals surface area contributed by atoms with Crippen LogP contribution in [0.1, 0.15) is 59.7 Å². The van der Waals surface area contributed by atoms with Crippen LogP contribution in [-0.2, 0) is 4.79 Å². The van der Waals surface area contributed by atoms with Crippen molar-refractivity contribution < 1.29 is 14.4 Å². The average Bonchev–Trinajstić information content (AvgIpc) is 3.26. The average molecular weight is 408 g/mol. The molecule has 2 heterocycles. The van der Waals surface area contributed by atoms with Gasteiger partial charge in [-0.1, -0.05) is 19.1 Å². The maximum absolute atomic E-state index is 12.8. The molecular formula is C21H30ClN3O3. The lowest BCUT2D eigenvalue weighted by molar-refractivity contribution is -0.123. The Balaban J connectivity index is 0.00000280. The molecular weight excluding hydrogens is 378 g/mol. The molecule has 3 rings (SSSR count). The van der Waals surface area contributed by atoms with Gasteiger partial charge in [-0.2, -0.15) is 0 Å². The Bertz CT molecular complexity index is 687. The first-order chi connectivity index (χ1) is 13.1. The van der Waals surface area contributed by atoms with E-state index >= 15 is 0 Å². The molecule has 154 valence electrons. The van der Waals surface area contributed by atoms with E-state index in [1.165, 1.54) is 0 Å². The molecule has 28 heavy (non-hydrogen) atoms. The zero-order valence-corrected chi connectivity index (χ0v) is 17.2. The van der Waals surface area contributed by atoms with Gasteiger partial charge in [0.2, 0.25) is 5.91 Å². The highest BCUT2D eigenvalue weighted by Gasteiger charge is 2.27. The number of ketones is 1. The summed E-state index contributed by atoms with van der Waals surface area (Å²) in [5, 5.41) is 6.25. The molecule has 0 aliphatic carbocycles. The highest BCUT2D eigenvalue weighted by Crippen LogP contribution is 2.19. The van der Waals surface area contributed by atoms with Crippen LogP contribution in [0.25, 0.3) is 0 Å². The van der Waals surface area contributed by atoms with Crippen LogP contribution in [0.15, 0.2) is 24.3 Å². The van der Waals surface area contributed by atoms with Gasteiger partial charge in [-0.05, 0) is 50.3 Å². The van der Waals surface area contributed by atoms with Crippen LogP contribution in [0, 0.1) is 5.92 Å². The third kappa shape index (κ3) is 5.55. The van der Waals surface area contributed by atoms with Gasteiger partial charge < -0.3 is 15.5 Å². The minimum atomic E-state index is -0.0596. The number of carbonyl (C=O) groups excluding carboxylic acids is 3. The van der Waals surface area contributed by atoms with Crippen LogP contribution in [-0.4, -0.2) is 54.7 Å². The summed E-state index contributed by atoms with van der Waals surface area (Å²) in [5.41, 5.74) is 1.26. The van der Waals surface area contributed by atoms with E-state index in [2.05, 4.69) is 10.6 Å². The first-order valence-electron chi connectivity index (χ1n) is 10.0. The molecule has 2 unspecified atom stereocenters. The van der Waals surface area contributed by atoms with Crippen molar-refractivity contribution in [2.45, 2.75) is 45.1 Å². The molecule has 0 spiro atoms. The summed E-state index contributed by atoms with van der Waals surface area (Å²) in [4.78, 5) is 38.5. The molecule has 2 N–H and O–H groups in total. The smallest absolute Gasteiger partial charge is 0.253 e. The second-order valence-electron chi connectivity index (χ2n) is 7.51. The highest BCUT2D eigenvalue weighted by atomic mass is 35.5. The van der Waals surface area contributed by atoms with E-state index in [0.717, 1.165) is 38.8 Å². The summed E-state index contributed by atoms with van der Waals surface area (Å²) in [5.74, 6) is 0.444. The molecule has 2 saturated heterocycles. The van der Waals surface area contributed by atoms with Crippen molar-refractivity contribution in [3.05, 3.63) is 35.4 Å². The molecule has 2 atom stereocenters. The topological polar surface area (TPSA) is 78.5 Å². The summed E-state index contributed by atoms with van der Waals surface area (Å²) < 4.78 is 0. The standard InChI is InChI=1S/C21H29N3O3.ClH/c1-2-19(25)16-7-9-17(10-8-16)21(27)24-12-4-5-15(14-24)13-23-20(26)18-6-3-11-22-18;/h7-10,15,18,22H,2-6,11-14H2,1H3,(H,23,26);1H. The molecule has 1 aromatic rings. The minimum absolute atomic E-state index is 0. The zero-order chi connectivity index (χ0) is 19.2. The maximum atomic E-state index is 12.8. The summed E-state index contributed by atoms with van der Waals surface area (Å²) >= 11 is 0. The van der Waals surface area contributed by atoms with Crippen molar-refractivity contribution in [1.29, 1.82) is 0 Å². The van der Waals surface area contributed by atoms with E-state index in [9.17, 15) is 14.4 Å². The number of amides is 2. The monoisotopic (exact) mass is 407 g/mol. The first kappa shape index (κ1) is 22.4. The van der Waals surface area contributed by atoms with Gasteiger partial charge in [0.15, 0.2) is 5.78 Å². The Hall–Kier alpha value is -1.92. The SMILES string of the molecule is CCC(=O)c1ccc(C(=O)N2CCCC(CNC(=O)C3CCCN3)C2)cc1.Cl. The fourth-order valence-corrected chi connectivity index (χ4v) is 3.88. The molecule has 2 amide bonds. The molecule has 6 nitrogen and oxygen atoms in total. The Morgan fingerprint density at radius 2 is 1.82 bits per heavy atom. The van der Waals surface area contributed by atoms with Crippen LogP contribution in [0.3, 0.4) is 0 Å². The second-order valence-corrected chi connectivity index (χ2v) is 7.51. The molecule has 0 radical (unpaired) electrons. The van der Waals surface area contributed by atoms with Crippen LogP contribution in [0.4, 0.5) is 0 Å². The van der Waals surface area contributed by atoms with Crippen LogP contribution in [0.2, 0.25) is 0 Å². The summed E-state index contributed by atoms with van der Waals surface area (Å²) in [6, 6.07) is 6.88. The fraction of sp³-hybridized carbons (Fsp3) is 0.571. The minimum Gasteiger partial charge on any atom is -0.354 e. The number of halogens is 1. The number of carbonyl (C=O) groups is 3. The summed E-state index contributed by atoms with van der Waals surface area (Å²) in [6.45, 7) is 4.75. The third-order valence-electron chi connectivity index (χ3n) is 5.52. The predicted molar refractivity (Wildman–Crippen MR) is 111 cm³/mol. The highest BCUT2D eigenvalue weighted by molar-refractivity contribution is 5.98. The molecule has 2 aliphatic heterocycles. The summed E-state index contributed by atoms with van der Waals surface area (Å²) in [6.07, 6.45) is 4.37. The van der Waals surface area contributed by atoms with Gasteiger partial charge in [-0.3, -0.25) is 14.4 Å². The van der Waals surface area contributed by atoms with E-state index in [-0.39, 0.29) is 42.0 Å². The first-order valence-corrected chi connectivity index (χ1v) is 10.0. The Morgan fingerprint density at radius 1 is 1.11 bits per heavy atom.